The highest BCUT2D eigenvalue weighted by Crippen LogP contribution is 2.19. The van der Waals surface area contributed by atoms with Crippen LogP contribution < -0.4 is 5.32 Å². The van der Waals surface area contributed by atoms with Gasteiger partial charge in [-0.1, -0.05) is 48.5 Å². The third-order valence-electron chi connectivity index (χ3n) is 4.80. The van der Waals surface area contributed by atoms with E-state index in [-0.39, 0.29) is 6.03 Å². The van der Waals surface area contributed by atoms with Crippen molar-refractivity contribution in [1.29, 1.82) is 0 Å². The summed E-state index contributed by atoms with van der Waals surface area (Å²) >= 11 is 0. The van der Waals surface area contributed by atoms with E-state index in [4.69, 9.17) is 4.74 Å². The van der Waals surface area contributed by atoms with Gasteiger partial charge in [-0.05, 0) is 35.1 Å². The minimum absolute atomic E-state index is 0.0263. The van der Waals surface area contributed by atoms with Crippen LogP contribution in [0.15, 0.2) is 55.1 Å². The number of piperidine rings is 1. The summed E-state index contributed by atoms with van der Waals surface area (Å²) in [5, 5.41) is 5.47. The standard InChI is InChI=1S/C21H26N2O2/c1-2-14-25-16-17-10-12-23(13-11-17)21(24)22-15-19-8-5-7-18-6-3-4-9-20(18)19/h2-9,17H,1,10-16H2,(H,22,24). The Morgan fingerprint density at radius 3 is 2.76 bits per heavy atom. The molecule has 4 nitrogen and oxygen atoms in total. The van der Waals surface area contributed by atoms with Crippen molar-refractivity contribution in [1.82, 2.24) is 10.2 Å². The van der Waals surface area contributed by atoms with Crippen molar-refractivity contribution in [3.63, 3.8) is 0 Å². The number of benzene rings is 2. The van der Waals surface area contributed by atoms with Crippen LogP contribution in [0.5, 0.6) is 0 Å². The normalized spacial score (nSPS) is 15.3. The predicted molar refractivity (Wildman–Crippen MR) is 101 cm³/mol. The topological polar surface area (TPSA) is 41.6 Å². The summed E-state index contributed by atoms with van der Waals surface area (Å²) in [4.78, 5) is 14.4. The van der Waals surface area contributed by atoms with Gasteiger partial charge >= 0.3 is 6.03 Å². The Labute approximate surface area is 149 Å². The van der Waals surface area contributed by atoms with Crippen LogP contribution in [0.4, 0.5) is 4.79 Å². The van der Waals surface area contributed by atoms with E-state index in [9.17, 15) is 4.79 Å². The zero-order chi connectivity index (χ0) is 17.5. The molecule has 0 spiro atoms. The van der Waals surface area contributed by atoms with Gasteiger partial charge in [0.15, 0.2) is 0 Å². The SMILES string of the molecule is C=CCOCC1CCN(C(=O)NCc2cccc3ccccc23)CC1. The van der Waals surface area contributed by atoms with Crippen LogP contribution in [0.25, 0.3) is 10.8 Å². The van der Waals surface area contributed by atoms with E-state index in [1.54, 1.807) is 6.08 Å². The van der Waals surface area contributed by atoms with E-state index in [0.717, 1.165) is 38.1 Å². The van der Waals surface area contributed by atoms with Crippen LogP contribution in [-0.4, -0.2) is 37.2 Å². The highest BCUT2D eigenvalue weighted by atomic mass is 16.5. The highest BCUT2D eigenvalue weighted by Gasteiger charge is 2.22. The maximum atomic E-state index is 12.4. The fourth-order valence-electron chi connectivity index (χ4n) is 3.35. The van der Waals surface area contributed by atoms with Crippen molar-refractivity contribution in [2.75, 3.05) is 26.3 Å². The molecule has 0 radical (unpaired) electrons. The number of ether oxygens (including phenoxy) is 1. The molecule has 1 heterocycles. The zero-order valence-corrected chi connectivity index (χ0v) is 14.6. The van der Waals surface area contributed by atoms with Crippen molar-refractivity contribution in [3.8, 4) is 0 Å². The number of hydrogen-bond acceptors (Lipinski definition) is 2. The number of fused-ring (bicyclic) bond motifs is 1. The number of rotatable bonds is 6. The lowest BCUT2D eigenvalue weighted by atomic mass is 9.98. The number of carbonyl (C=O) groups is 1. The maximum absolute atomic E-state index is 12.4. The van der Waals surface area contributed by atoms with Crippen LogP contribution in [0.3, 0.4) is 0 Å². The zero-order valence-electron chi connectivity index (χ0n) is 14.6. The van der Waals surface area contributed by atoms with Crippen LogP contribution >= 0.6 is 0 Å². The lowest BCUT2D eigenvalue weighted by Gasteiger charge is -2.31. The molecule has 3 rings (SSSR count). The van der Waals surface area contributed by atoms with Gasteiger partial charge < -0.3 is 15.0 Å². The molecule has 1 fully saturated rings. The van der Waals surface area contributed by atoms with E-state index >= 15 is 0 Å². The minimum atomic E-state index is 0.0263. The molecule has 2 aromatic carbocycles. The molecule has 0 bridgehead atoms. The second kappa shape index (κ2) is 8.67. The molecule has 1 N–H and O–H groups in total. The summed E-state index contributed by atoms with van der Waals surface area (Å²) in [5.41, 5.74) is 1.15. The monoisotopic (exact) mass is 338 g/mol. The Morgan fingerprint density at radius 2 is 1.96 bits per heavy atom. The molecule has 0 atom stereocenters. The summed E-state index contributed by atoms with van der Waals surface area (Å²) < 4.78 is 5.53. The third-order valence-corrected chi connectivity index (χ3v) is 4.80. The number of hydrogen-bond donors (Lipinski definition) is 1. The van der Waals surface area contributed by atoms with E-state index in [0.29, 0.717) is 19.1 Å². The number of nitrogens with zero attached hydrogens (tertiary/aromatic N) is 1. The van der Waals surface area contributed by atoms with E-state index in [1.807, 2.05) is 23.1 Å². The molecule has 1 aliphatic heterocycles. The molecular formula is C21H26N2O2. The van der Waals surface area contributed by atoms with Crippen molar-refractivity contribution < 1.29 is 9.53 Å². The Hall–Kier alpha value is -2.33. The van der Waals surface area contributed by atoms with Crippen LogP contribution in [0, 0.1) is 5.92 Å². The molecule has 4 heteroatoms. The van der Waals surface area contributed by atoms with Crippen molar-refractivity contribution in [3.05, 3.63) is 60.7 Å². The molecule has 2 amide bonds. The van der Waals surface area contributed by atoms with Crippen molar-refractivity contribution >= 4 is 16.8 Å². The van der Waals surface area contributed by atoms with Gasteiger partial charge in [-0.2, -0.15) is 0 Å². The smallest absolute Gasteiger partial charge is 0.317 e. The fourth-order valence-corrected chi connectivity index (χ4v) is 3.35. The highest BCUT2D eigenvalue weighted by molar-refractivity contribution is 5.86. The molecule has 0 saturated carbocycles. The number of likely N-dealkylation sites (tertiary alicyclic amines) is 1. The summed E-state index contributed by atoms with van der Waals surface area (Å²) in [7, 11) is 0. The van der Waals surface area contributed by atoms with Gasteiger partial charge in [0, 0.05) is 26.2 Å². The average molecular weight is 338 g/mol. The van der Waals surface area contributed by atoms with Crippen molar-refractivity contribution in [2.45, 2.75) is 19.4 Å². The number of amides is 2. The van der Waals surface area contributed by atoms with Gasteiger partial charge in [-0.25, -0.2) is 4.79 Å². The molecule has 0 unspecified atom stereocenters. The molecule has 25 heavy (non-hydrogen) atoms. The van der Waals surface area contributed by atoms with Gasteiger partial charge in [-0.15, -0.1) is 6.58 Å². The van der Waals surface area contributed by atoms with Gasteiger partial charge in [0.1, 0.15) is 0 Å². The second-order valence-corrected chi connectivity index (χ2v) is 6.55. The number of nitrogens with one attached hydrogen (secondary N) is 1. The van der Waals surface area contributed by atoms with Crippen LogP contribution in [0.2, 0.25) is 0 Å². The number of carbonyl (C=O) groups excluding carboxylic acids is 1. The molecule has 1 saturated heterocycles. The Morgan fingerprint density at radius 1 is 1.20 bits per heavy atom. The minimum Gasteiger partial charge on any atom is -0.377 e. The first kappa shape index (κ1) is 17.5. The van der Waals surface area contributed by atoms with Gasteiger partial charge in [-0.3, -0.25) is 0 Å². The van der Waals surface area contributed by atoms with E-state index in [2.05, 4.69) is 36.2 Å². The predicted octanol–water partition coefficient (Wildman–Crippen LogP) is 3.96. The third kappa shape index (κ3) is 4.60. The summed E-state index contributed by atoms with van der Waals surface area (Å²) in [5.74, 6) is 0.544. The van der Waals surface area contributed by atoms with E-state index < -0.39 is 0 Å². The summed E-state index contributed by atoms with van der Waals surface area (Å²) in [6.07, 6.45) is 3.77. The summed E-state index contributed by atoms with van der Waals surface area (Å²) in [6.45, 7) is 7.17. The lowest BCUT2D eigenvalue weighted by Crippen LogP contribution is -2.44. The quantitative estimate of drug-likeness (QED) is 0.640. The molecular weight excluding hydrogens is 312 g/mol. The van der Waals surface area contributed by atoms with Crippen molar-refractivity contribution in [2.24, 2.45) is 5.92 Å². The first-order valence-electron chi connectivity index (χ1n) is 8.96. The van der Waals surface area contributed by atoms with Gasteiger partial charge in [0.2, 0.25) is 0 Å². The average Bonchev–Trinajstić information content (AvgIpc) is 2.67. The second-order valence-electron chi connectivity index (χ2n) is 6.55. The Bertz CT molecular complexity index is 715. The van der Waals surface area contributed by atoms with Crippen LogP contribution in [-0.2, 0) is 11.3 Å². The van der Waals surface area contributed by atoms with E-state index in [1.165, 1.54) is 10.8 Å². The first-order chi connectivity index (χ1) is 12.3. The Balaban J connectivity index is 1.49. The summed E-state index contributed by atoms with van der Waals surface area (Å²) in [6, 6.07) is 14.5. The van der Waals surface area contributed by atoms with Crippen LogP contribution in [0.1, 0.15) is 18.4 Å². The molecule has 132 valence electrons. The molecule has 0 aliphatic carbocycles. The first-order valence-corrected chi connectivity index (χ1v) is 8.96. The molecule has 2 aromatic rings. The molecule has 0 aromatic heterocycles. The Kier molecular flexibility index (Phi) is 6.07. The maximum Gasteiger partial charge on any atom is 0.317 e. The van der Waals surface area contributed by atoms with Gasteiger partial charge in [0.05, 0.1) is 6.61 Å². The number of urea groups is 1. The van der Waals surface area contributed by atoms with Gasteiger partial charge in [0.25, 0.3) is 0 Å². The largest absolute Gasteiger partial charge is 0.377 e. The lowest BCUT2D eigenvalue weighted by molar-refractivity contribution is 0.0886. The molecule has 1 aliphatic rings. The fraction of sp³-hybridized carbons (Fsp3) is 0.381.